The molecule has 3 rings (SSSR count). The molecule has 2 N–H and O–H groups in total. The topological polar surface area (TPSA) is 84.2 Å². The zero-order chi connectivity index (χ0) is 23.5. The van der Waals surface area contributed by atoms with Crippen LogP contribution in [0.25, 0.3) is 11.4 Å². The number of nitrogens with one attached hydrogen (secondary N) is 1. The lowest BCUT2D eigenvalue weighted by molar-refractivity contribution is -0.137. The van der Waals surface area contributed by atoms with E-state index < -0.39 is 29.8 Å². The molecule has 1 heterocycles. The SMILES string of the molecule is Cc1nc(-c2cccc(Cl)c2)n(CC(=O)Nc2cccc(C(F)(F)F)c2)c(=O)c1CCO. The van der Waals surface area contributed by atoms with Crippen LogP contribution in [0.15, 0.2) is 53.3 Å². The fourth-order valence-corrected chi connectivity index (χ4v) is 3.40. The summed E-state index contributed by atoms with van der Waals surface area (Å²) in [4.78, 5) is 30.2. The number of aryl methyl sites for hydroxylation is 1. The van der Waals surface area contributed by atoms with Crippen molar-refractivity contribution in [3.63, 3.8) is 0 Å². The van der Waals surface area contributed by atoms with E-state index in [-0.39, 0.29) is 30.1 Å². The molecule has 0 unspecified atom stereocenters. The van der Waals surface area contributed by atoms with Gasteiger partial charge in [0.25, 0.3) is 5.56 Å². The van der Waals surface area contributed by atoms with Gasteiger partial charge in [-0.05, 0) is 37.3 Å². The molecule has 3 aromatic rings. The maximum atomic E-state index is 13.1. The summed E-state index contributed by atoms with van der Waals surface area (Å²) in [5, 5.41) is 12.1. The van der Waals surface area contributed by atoms with Gasteiger partial charge < -0.3 is 10.4 Å². The van der Waals surface area contributed by atoms with Crippen molar-refractivity contribution >= 4 is 23.2 Å². The molecule has 0 aliphatic carbocycles. The van der Waals surface area contributed by atoms with Crippen LogP contribution < -0.4 is 10.9 Å². The van der Waals surface area contributed by atoms with Crippen LogP contribution in [0.3, 0.4) is 0 Å². The van der Waals surface area contributed by atoms with E-state index in [1.165, 1.54) is 12.1 Å². The second-order valence-corrected chi connectivity index (χ2v) is 7.44. The van der Waals surface area contributed by atoms with E-state index in [2.05, 4.69) is 10.3 Å². The highest BCUT2D eigenvalue weighted by Gasteiger charge is 2.30. The number of benzene rings is 2. The molecule has 168 valence electrons. The number of aliphatic hydroxyl groups is 1. The lowest BCUT2D eigenvalue weighted by Gasteiger charge is -2.16. The summed E-state index contributed by atoms with van der Waals surface area (Å²) in [5.41, 5.74) is -0.369. The minimum absolute atomic E-state index is 0.0444. The van der Waals surface area contributed by atoms with Crippen LogP contribution in [0.2, 0.25) is 5.02 Å². The van der Waals surface area contributed by atoms with Crippen LogP contribution in [-0.2, 0) is 23.9 Å². The molecule has 0 spiro atoms. The molecule has 0 bridgehead atoms. The van der Waals surface area contributed by atoms with Crippen molar-refractivity contribution in [2.45, 2.75) is 26.1 Å². The first-order valence-electron chi connectivity index (χ1n) is 9.54. The number of alkyl halides is 3. The van der Waals surface area contributed by atoms with E-state index in [4.69, 9.17) is 11.6 Å². The van der Waals surface area contributed by atoms with Gasteiger partial charge in [-0.15, -0.1) is 0 Å². The van der Waals surface area contributed by atoms with Gasteiger partial charge in [0.05, 0.1) is 5.56 Å². The molecule has 0 aliphatic rings. The smallest absolute Gasteiger partial charge is 0.396 e. The first-order chi connectivity index (χ1) is 15.1. The van der Waals surface area contributed by atoms with E-state index >= 15 is 0 Å². The molecule has 1 aromatic heterocycles. The Morgan fingerprint density at radius 3 is 2.56 bits per heavy atom. The number of nitrogens with zero attached hydrogens (tertiary/aromatic N) is 2. The zero-order valence-corrected chi connectivity index (χ0v) is 17.7. The van der Waals surface area contributed by atoms with Gasteiger partial charge in [0.1, 0.15) is 12.4 Å². The maximum absolute atomic E-state index is 13.1. The van der Waals surface area contributed by atoms with Crippen molar-refractivity contribution in [2.24, 2.45) is 0 Å². The fraction of sp³-hybridized carbons (Fsp3) is 0.227. The third kappa shape index (κ3) is 5.35. The molecule has 0 atom stereocenters. The molecular weight excluding hydrogens is 447 g/mol. The summed E-state index contributed by atoms with van der Waals surface area (Å²) in [6.07, 6.45) is -4.51. The average Bonchev–Trinajstić information content (AvgIpc) is 2.72. The van der Waals surface area contributed by atoms with E-state index in [0.717, 1.165) is 16.7 Å². The quantitative estimate of drug-likeness (QED) is 0.575. The third-order valence-corrected chi connectivity index (χ3v) is 4.92. The average molecular weight is 466 g/mol. The molecule has 1 amide bonds. The van der Waals surface area contributed by atoms with E-state index in [1.54, 1.807) is 31.2 Å². The minimum Gasteiger partial charge on any atom is -0.396 e. The van der Waals surface area contributed by atoms with Crippen molar-refractivity contribution in [1.29, 1.82) is 0 Å². The number of aromatic nitrogens is 2. The first-order valence-corrected chi connectivity index (χ1v) is 9.92. The first kappa shape index (κ1) is 23.5. The summed E-state index contributed by atoms with van der Waals surface area (Å²) in [6, 6.07) is 10.7. The molecule has 10 heteroatoms. The molecule has 6 nitrogen and oxygen atoms in total. The lowest BCUT2D eigenvalue weighted by atomic mass is 10.1. The number of hydrogen-bond donors (Lipinski definition) is 2. The second kappa shape index (κ2) is 9.54. The van der Waals surface area contributed by atoms with Gasteiger partial charge in [-0.1, -0.05) is 29.8 Å². The van der Waals surface area contributed by atoms with Gasteiger partial charge in [0, 0.05) is 40.6 Å². The highest BCUT2D eigenvalue weighted by atomic mass is 35.5. The number of anilines is 1. The Hall–Kier alpha value is -3.17. The number of amides is 1. The van der Waals surface area contributed by atoms with Gasteiger partial charge in [-0.25, -0.2) is 4.98 Å². The molecule has 0 fully saturated rings. The van der Waals surface area contributed by atoms with Crippen LogP contribution in [0, 0.1) is 6.92 Å². The fourth-order valence-electron chi connectivity index (χ4n) is 3.21. The van der Waals surface area contributed by atoms with Crippen molar-refractivity contribution in [3.8, 4) is 11.4 Å². The molecule has 32 heavy (non-hydrogen) atoms. The summed E-state index contributed by atoms with van der Waals surface area (Å²) < 4.78 is 39.9. The van der Waals surface area contributed by atoms with E-state index in [0.29, 0.717) is 16.3 Å². The maximum Gasteiger partial charge on any atom is 0.416 e. The molecular formula is C22H19ClF3N3O3. The van der Waals surface area contributed by atoms with Crippen molar-refractivity contribution in [1.82, 2.24) is 9.55 Å². The monoisotopic (exact) mass is 465 g/mol. The number of hydrogen-bond acceptors (Lipinski definition) is 4. The van der Waals surface area contributed by atoms with Crippen LogP contribution in [0.1, 0.15) is 16.8 Å². The molecule has 0 saturated carbocycles. The summed E-state index contributed by atoms with van der Waals surface area (Å²) in [5.74, 6) is -0.536. The Kier molecular flexibility index (Phi) is 7.00. The summed E-state index contributed by atoms with van der Waals surface area (Å²) >= 11 is 6.05. The van der Waals surface area contributed by atoms with Gasteiger partial charge >= 0.3 is 6.18 Å². The Morgan fingerprint density at radius 2 is 1.91 bits per heavy atom. The lowest BCUT2D eigenvalue weighted by Crippen LogP contribution is -2.33. The third-order valence-electron chi connectivity index (χ3n) is 4.69. The van der Waals surface area contributed by atoms with Crippen molar-refractivity contribution in [3.05, 3.63) is 80.7 Å². The summed E-state index contributed by atoms with van der Waals surface area (Å²) in [6.45, 7) is 0.834. The minimum atomic E-state index is -4.56. The van der Waals surface area contributed by atoms with E-state index in [9.17, 15) is 27.9 Å². The highest BCUT2D eigenvalue weighted by molar-refractivity contribution is 6.30. The van der Waals surface area contributed by atoms with Crippen molar-refractivity contribution < 1.29 is 23.1 Å². The van der Waals surface area contributed by atoms with Crippen LogP contribution in [0.5, 0.6) is 0 Å². The van der Waals surface area contributed by atoms with Crippen LogP contribution in [0.4, 0.5) is 18.9 Å². The number of halogens is 4. The second-order valence-electron chi connectivity index (χ2n) is 7.00. The number of aliphatic hydroxyl groups excluding tert-OH is 1. The predicted molar refractivity (Wildman–Crippen MR) is 115 cm³/mol. The normalized spacial score (nSPS) is 11.4. The van der Waals surface area contributed by atoms with Crippen LogP contribution >= 0.6 is 11.6 Å². The van der Waals surface area contributed by atoms with Crippen LogP contribution in [-0.4, -0.2) is 27.2 Å². The van der Waals surface area contributed by atoms with Gasteiger partial charge in [0.15, 0.2) is 0 Å². The van der Waals surface area contributed by atoms with Gasteiger partial charge in [-0.3, -0.25) is 14.2 Å². The molecule has 2 aromatic carbocycles. The summed E-state index contributed by atoms with van der Waals surface area (Å²) in [7, 11) is 0. The predicted octanol–water partition coefficient (Wildman–Crippen LogP) is 4.06. The zero-order valence-electron chi connectivity index (χ0n) is 16.9. The number of carbonyl (C=O) groups excluding carboxylic acids is 1. The van der Waals surface area contributed by atoms with Gasteiger partial charge in [-0.2, -0.15) is 13.2 Å². The van der Waals surface area contributed by atoms with E-state index in [1.807, 2.05) is 0 Å². The Morgan fingerprint density at radius 1 is 1.19 bits per heavy atom. The molecule has 0 aliphatic heterocycles. The largest absolute Gasteiger partial charge is 0.416 e. The Bertz CT molecular complexity index is 1210. The molecule has 0 saturated heterocycles. The standard InChI is InChI=1S/C22H19ClF3N3O3/c1-13-18(8-9-30)21(32)29(20(27-13)14-4-2-6-16(23)10-14)12-19(31)28-17-7-3-5-15(11-17)22(24,25)26/h2-7,10-11,30H,8-9,12H2,1H3,(H,28,31). The molecule has 0 radical (unpaired) electrons. The number of carbonyl (C=O) groups is 1. The van der Waals surface area contributed by atoms with Crippen molar-refractivity contribution in [2.75, 3.05) is 11.9 Å². The van der Waals surface area contributed by atoms with Gasteiger partial charge in [0.2, 0.25) is 5.91 Å². The highest BCUT2D eigenvalue weighted by Crippen LogP contribution is 2.30. The number of rotatable bonds is 6. The Balaban J connectivity index is 2.00. The Labute approximate surface area is 186 Å².